The Morgan fingerprint density at radius 3 is 1.28 bits per heavy atom. The Kier molecular flexibility index (Phi) is 5.55. The molecule has 0 radical (unpaired) electrons. The third kappa shape index (κ3) is 4.01. The van der Waals surface area contributed by atoms with Crippen LogP contribution < -0.4 is 0 Å². The van der Waals surface area contributed by atoms with Crippen LogP contribution in [0.15, 0.2) is 73.8 Å². The first-order valence-corrected chi connectivity index (χ1v) is 15.3. The fourth-order valence-electron chi connectivity index (χ4n) is 1.44. The van der Waals surface area contributed by atoms with Gasteiger partial charge < -0.3 is 0 Å². The van der Waals surface area contributed by atoms with E-state index >= 15 is 0 Å². The predicted molar refractivity (Wildman–Crippen MR) is 82.5 cm³/mol. The predicted octanol–water partition coefficient (Wildman–Crippen LogP) is 3.65. The van der Waals surface area contributed by atoms with Crippen LogP contribution in [-0.2, 0) is 0 Å². The van der Waals surface area contributed by atoms with E-state index in [-0.39, 0.29) is 34.1 Å². The van der Waals surface area contributed by atoms with E-state index in [1.54, 1.807) is 0 Å². The van der Waals surface area contributed by atoms with Crippen molar-refractivity contribution in [2.75, 3.05) is 0 Å². The molecule has 2 aromatic rings. The van der Waals surface area contributed by atoms with E-state index in [0.29, 0.717) is 0 Å². The molecule has 0 aliphatic rings. The van der Waals surface area contributed by atoms with Gasteiger partial charge in [0, 0.05) is 0 Å². The maximum atomic E-state index is 4.24. The fourth-order valence-corrected chi connectivity index (χ4v) is 10.9. The summed E-state index contributed by atoms with van der Waals surface area (Å²) in [4.78, 5) is 0. The van der Waals surface area contributed by atoms with Crippen molar-refractivity contribution in [1.29, 1.82) is 0 Å². The van der Waals surface area contributed by atoms with Crippen LogP contribution in [0.2, 0.25) is 0 Å². The van der Waals surface area contributed by atoms with Gasteiger partial charge in [-0.25, -0.2) is 0 Å². The van der Waals surface area contributed by atoms with Crippen molar-refractivity contribution in [1.82, 2.24) is 0 Å². The second kappa shape index (κ2) is 7.18. The van der Waals surface area contributed by atoms with Crippen molar-refractivity contribution < 1.29 is 0 Å². The Labute approximate surface area is 125 Å². The minimum atomic E-state index is -0.134. The van der Waals surface area contributed by atoms with Crippen LogP contribution in [-0.4, -0.2) is 34.1 Å². The number of hydrogen-bond acceptors (Lipinski definition) is 0. The fraction of sp³-hybridized carbons (Fsp3) is 0. The standard InChI is InChI=1S/C16H14Te2/c1-13(15-9-5-3-6-10-15)17-18-14(2)16-11-7-4-8-12-16/h3-12H,1-2H2. The second-order valence-electron chi connectivity index (χ2n) is 3.75. The molecule has 2 rings (SSSR count). The molecule has 2 heteroatoms. The number of hydrogen-bond donors (Lipinski definition) is 0. The number of benzene rings is 2. The first-order chi connectivity index (χ1) is 8.77. The Hall–Kier alpha value is -0.501. The van der Waals surface area contributed by atoms with Crippen LogP contribution in [0.4, 0.5) is 0 Å². The van der Waals surface area contributed by atoms with Gasteiger partial charge in [-0.2, -0.15) is 0 Å². The monoisotopic (exact) mass is 466 g/mol. The van der Waals surface area contributed by atoms with Gasteiger partial charge in [-0.05, 0) is 0 Å². The Bertz CT molecular complexity index is 478. The van der Waals surface area contributed by atoms with Gasteiger partial charge in [-0.15, -0.1) is 0 Å². The third-order valence-electron chi connectivity index (χ3n) is 2.43. The summed E-state index contributed by atoms with van der Waals surface area (Å²) in [6, 6.07) is 21.1. The zero-order valence-corrected chi connectivity index (χ0v) is 14.7. The topological polar surface area (TPSA) is 0 Å². The molecule has 0 saturated carbocycles. The van der Waals surface area contributed by atoms with Crippen LogP contribution in [0, 0.1) is 0 Å². The van der Waals surface area contributed by atoms with Gasteiger partial charge in [0.15, 0.2) is 0 Å². The molecule has 0 fully saturated rings. The molecule has 0 unspecified atom stereocenters. The molecule has 90 valence electrons. The average molecular weight is 461 g/mol. The molecule has 0 spiro atoms. The van der Waals surface area contributed by atoms with Crippen LogP contribution in [0.1, 0.15) is 11.1 Å². The summed E-state index contributed by atoms with van der Waals surface area (Å²) < 4.78 is 2.72. The molecule has 0 amide bonds. The van der Waals surface area contributed by atoms with Crippen molar-refractivity contribution >= 4 is 41.4 Å². The minimum absolute atomic E-state index is 0.134. The van der Waals surface area contributed by atoms with Gasteiger partial charge >= 0.3 is 126 Å². The van der Waals surface area contributed by atoms with Crippen molar-refractivity contribution in [3.8, 4) is 0 Å². The Morgan fingerprint density at radius 2 is 0.944 bits per heavy atom. The Morgan fingerprint density at radius 1 is 0.611 bits per heavy atom. The van der Waals surface area contributed by atoms with Crippen LogP contribution >= 0.6 is 0 Å². The van der Waals surface area contributed by atoms with Crippen LogP contribution in [0.25, 0.3) is 7.24 Å². The first-order valence-electron chi connectivity index (χ1n) is 5.60. The third-order valence-corrected chi connectivity index (χ3v) is 14.5. The molecule has 0 heterocycles. The molecule has 0 aromatic heterocycles. The molecule has 0 nitrogen and oxygen atoms in total. The first kappa shape index (κ1) is 13.9. The molecule has 0 bridgehead atoms. The van der Waals surface area contributed by atoms with Crippen molar-refractivity contribution in [3.05, 3.63) is 84.9 Å². The van der Waals surface area contributed by atoms with Crippen molar-refractivity contribution in [2.45, 2.75) is 0 Å². The summed E-state index contributed by atoms with van der Waals surface area (Å²) in [5, 5.41) is 0. The van der Waals surface area contributed by atoms with Gasteiger partial charge in [0.2, 0.25) is 0 Å². The maximum absolute atomic E-state index is 4.24. The van der Waals surface area contributed by atoms with Crippen molar-refractivity contribution in [2.24, 2.45) is 0 Å². The quantitative estimate of drug-likeness (QED) is 0.597. The summed E-state index contributed by atoms with van der Waals surface area (Å²) in [5.74, 6) is 0. The molecule has 0 saturated heterocycles. The van der Waals surface area contributed by atoms with E-state index in [1.165, 1.54) is 18.4 Å². The zero-order chi connectivity index (χ0) is 12.8. The van der Waals surface area contributed by atoms with Crippen molar-refractivity contribution in [3.63, 3.8) is 0 Å². The van der Waals surface area contributed by atoms with Gasteiger partial charge in [0.1, 0.15) is 0 Å². The summed E-state index contributed by atoms with van der Waals surface area (Å²) >= 11 is -0.269. The molecule has 0 atom stereocenters. The molecule has 0 N–H and O–H groups in total. The number of rotatable bonds is 5. The second-order valence-corrected chi connectivity index (χ2v) is 13.9. The molecule has 0 aliphatic carbocycles. The normalized spacial score (nSPS) is 10.0. The molecule has 0 aliphatic heterocycles. The van der Waals surface area contributed by atoms with Crippen LogP contribution in [0.5, 0.6) is 0 Å². The van der Waals surface area contributed by atoms with E-state index in [9.17, 15) is 0 Å². The van der Waals surface area contributed by atoms with Gasteiger partial charge in [0.05, 0.1) is 0 Å². The molecular formula is C16H14Te2. The van der Waals surface area contributed by atoms with E-state index < -0.39 is 0 Å². The van der Waals surface area contributed by atoms with Gasteiger partial charge in [0.25, 0.3) is 0 Å². The van der Waals surface area contributed by atoms with Gasteiger partial charge in [-0.1, -0.05) is 0 Å². The van der Waals surface area contributed by atoms with E-state index in [0.717, 1.165) is 0 Å². The summed E-state index contributed by atoms with van der Waals surface area (Å²) in [7, 11) is 0. The van der Waals surface area contributed by atoms with Gasteiger partial charge in [-0.3, -0.25) is 0 Å². The summed E-state index contributed by atoms with van der Waals surface area (Å²) in [6.07, 6.45) is 0. The Balaban J connectivity index is 1.93. The average Bonchev–Trinajstić information content (AvgIpc) is 2.46. The van der Waals surface area contributed by atoms with E-state index in [2.05, 4.69) is 73.8 Å². The van der Waals surface area contributed by atoms with E-state index in [1.807, 2.05) is 0 Å². The zero-order valence-electron chi connectivity index (χ0n) is 10.0. The molecule has 2 aromatic carbocycles. The van der Waals surface area contributed by atoms with E-state index in [4.69, 9.17) is 0 Å². The summed E-state index contributed by atoms with van der Waals surface area (Å²) in [5.41, 5.74) is 2.62. The SMILES string of the molecule is C=C([Te][Te]C(=C)c1ccccc1)c1ccccc1. The van der Waals surface area contributed by atoms with Crippen LogP contribution in [0.3, 0.4) is 0 Å². The molecular weight excluding hydrogens is 447 g/mol. The molecule has 18 heavy (non-hydrogen) atoms. The summed E-state index contributed by atoms with van der Waals surface area (Å²) in [6.45, 7) is 8.48.